The number of esters is 1. The van der Waals surface area contributed by atoms with Crippen LogP contribution >= 0.6 is 0 Å². The average Bonchev–Trinajstić information content (AvgIpc) is 2.38. The Morgan fingerprint density at radius 1 is 1.12 bits per heavy atom. The molecule has 100 valence electrons. The third-order valence-corrected chi connectivity index (χ3v) is 5.41. The molecule has 0 saturated heterocycles. The van der Waals surface area contributed by atoms with Crippen molar-refractivity contribution in [2.75, 3.05) is 28.4 Å². The van der Waals surface area contributed by atoms with E-state index in [1.54, 1.807) is 28.3 Å². The van der Waals surface area contributed by atoms with Crippen molar-refractivity contribution in [3.63, 3.8) is 0 Å². The van der Waals surface area contributed by atoms with Crippen LogP contribution < -0.4 is 0 Å². The molecule has 6 heteroatoms. The first kappa shape index (κ1) is 16.3. The summed E-state index contributed by atoms with van der Waals surface area (Å²) in [5.74, 6) is -0.293. The maximum absolute atomic E-state index is 11.1. The Morgan fingerprint density at radius 3 is 2.06 bits per heavy atom. The summed E-state index contributed by atoms with van der Waals surface area (Å²) < 4.78 is 20.5. The summed E-state index contributed by atoms with van der Waals surface area (Å²) in [5.41, 5.74) is 0.618. The van der Waals surface area contributed by atoms with Crippen LogP contribution in [0.5, 0.6) is 0 Å². The number of hydrogen-bond donors (Lipinski definition) is 0. The van der Waals surface area contributed by atoms with Gasteiger partial charge in [0.1, 0.15) is 0 Å². The van der Waals surface area contributed by atoms with E-state index in [0.29, 0.717) is 5.57 Å². The van der Waals surface area contributed by atoms with Gasteiger partial charge in [-0.1, -0.05) is 6.08 Å². The molecule has 0 radical (unpaired) electrons. The molecule has 0 rings (SSSR count). The van der Waals surface area contributed by atoms with E-state index in [9.17, 15) is 4.79 Å². The molecule has 0 aliphatic rings. The monoisotopic (exact) mass is 262 g/mol. The number of allylic oxidation sites excluding steroid dienone is 1. The van der Waals surface area contributed by atoms with Crippen LogP contribution in [0.4, 0.5) is 0 Å². The normalized spacial score (nSPS) is 12.6. The first-order valence-electron chi connectivity index (χ1n) is 5.45. The van der Waals surface area contributed by atoms with Gasteiger partial charge in [0.2, 0.25) is 0 Å². The van der Waals surface area contributed by atoms with Gasteiger partial charge in [-0.05, 0) is 19.8 Å². The summed E-state index contributed by atoms with van der Waals surface area (Å²) in [4.78, 5) is 11.1. The first-order valence-corrected chi connectivity index (χ1v) is 7.39. The lowest BCUT2D eigenvalue weighted by molar-refractivity contribution is -0.136. The molecule has 0 bridgehead atoms. The first-order chi connectivity index (χ1) is 8.05. The fraction of sp³-hybridized carbons (Fsp3) is 0.727. The SMILES string of the molecule is COC(=O)/C(C)=C/CCC[Si](OC)(OC)OC. The Kier molecular flexibility index (Phi) is 8.06. The number of ether oxygens (including phenoxy) is 1. The number of carbonyl (C=O) groups excluding carboxylic acids is 1. The van der Waals surface area contributed by atoms with Crippen molar-refractivity contribution < 1.29 is 22.8 Å². The zero-order valence-corrected chi connectivity index (χ0v) is 12.2. The zero-order valence-electron chi connectivity index (χ0n) is 11.2. The second-order valence-electron chi connectivity index (χ2n) is 3.57. The minimum absolute atomic E-state index is 0.293. The van der Waals surface area contributed by atoms with E-state index in [4.69, 9.17) is 13.3 Å². The van der Waals surface area contributed by atoms with Crippen LogP contribution in [0, 0.1) is 0 Å². The Bertz CT molecular complexity index is 252. The molecule has 17 heavy (non-hydrogen) atoms. The van der Waals surface area contributed by atoms with E-state index in [-0.39, 0.29) is 5.97 Å². The zero-order chi connectivity index (χ0) is 13.3. The molecular weight excluding hydrogens is 240 g/mol. The lowest BCUT2D eigenvalue weighted by Crippen LogP contribution is -2.42. The molecule has 0 aromatic heterocycles. The van der Waals surface area contributed by atoms with E-state index < -0.39 is 8.80 Å². The third kappa shape index (κ3) is 5.45. The quantitative estimate of drug-likeness (QED) is 0.289. The maximum atomic E-state index is 11.1. The van der Waals surface area contributed by atoms with Crippen LogP contribution in [0.25, 0.3) is 0 Å². The standard InChI is InChI=1S/C11H22O5Si/c1-10(11(12)13-2)8-6-7-9-17(14-3,15-4)16-5/h8H,6-7,9H2,1-5H3/b10-8+. The topological polar surface area (TPSA) is 54.0 Å². The predicted molar refractivity (Wildman–Crippen MR) is 66.6 cm³/mol. The van der Waals surface area contributed by atoms with E-state index in [2.05, 4.69) is 4.74 Å². The molecule has 0 aliphatic carbocycles. The average molecular weight is 262 g/mol. The van der Waals surface area contributed by atoms with E-state index in [0.717, 1.165) is 18.9 Å². The van der Waals surface area contributed by atoms with Crippen LogP contribution in [0.2, 0.25) is 6.04 Å². The number of hydrogen-bond acceptors (Lipinski definition) is 5. The lowest BCUT2D eigenvalue weighted by Gasteiger charge is -2.23. The molecule has 0 amide bonds. The summed E-state index contributed by atoms with van der Waals surface area (Å²) in [7, 11) is 3.68. The molecule has 0 saturated carbocycles. The third-order valence-electron chi connectivity index (χ3n) is 2.58. The van der Waals surface area contributed by atoms with Gasteiger partial charge in [-0.25, -0.2) is 4.79 Å². The fourth-order valence-corrected chi connectivity index (χ4v) is 3.19. The molecule has 0 N–H and O–H groups in total. The number of methoxy groups -OCH3 is 1. The second-order valence-corrected chi connectivity index (χ2v) is 6.66. The van der Waals surface area contributed by atoms with Gasteiger partial charge in [0.25, 0.3) is 0 Å². The van der Waals surface area contributed by atoms with Gasteiger partial charge < -0.3 is 18.0 Å². The van der Waals surface area contributed by atoms with E-state index in [1.807, 2.05) is 6.08 Å². The summed E-state index contributed by atoms with van der Waals surface area (Å²) in [6.07, 6.45) is 3.47. The molecule has 0 fully saturated rings. The van der Waals surface area contributed by atoms with Gasteiger partial charge in [-0.2, -0.15) is 0 Å². The van der Waals surface area contributed by atoms with Gasteiger partial charge >= 0.3 is 14.8 Å². The van der Waals surface area contributed by atoms with E-state index >= 15 is 0 Å². The number of carbonyl (C=O) groups is 1. The van der Waals surface area contributed by atoms with E-state index in [1.165, 1.54) is 7.11 Å². The van der Waals surface area contributed by atoms with Crippen molar-refractivity contribution in [3.8, 4) is 0 Å². The molecule has 0 aromatic rings. The highest BCUT2D eigenvalue weighted by atomic mass is 28.4. The van der Waals surface area contributed by atoms with Gasteiger partial charge in [0.05, 0.1) is 7.11 Å². The Balaban J connectivity index is 4.10. The summed E-state index contributed by atoms with van der Waals surface area (Å²) in [5, 5.41) is 0. The largest absolute Gasteiger partial charge is 0.500 e. The predicted octanol–water partition coefficient (Wildman–Crippen LogP) is 1.76. The maximum Gasteiger partial charge on any atom is 0.500 e. The summed E-state index contributed by atoms with van der Waals surface area (Å²) in [6.45, 7) is 1.74. The Labute approximate surface area is 104 Å². The minimum atomic E-state index is -2.47. The molecule has 0 spiro atoms. The van der Waals surface area contributed by atoms with Crippen LogP contribution in [-0.2, 0) is 22.8 Å². The van der Waals surface area contributed by atoms with Crippen LogP contribution in [0.15, 0.2) is 11.6 Å². The molecular formula is C11H22O5Si. The van der Waals surface area contributed by atoms with Crippen LogP contribution in [0.3, 0.4) is 0 Å². The van der Waals surface area contributed by atoms with Crippen molar-refractivity contribution in [3.05, 3.63) is 11.6 Å². The van der Waals surface area contributed by atoms with Gasteiger partial charge in [-0.15, -0.1) is 0 Å². The second kappa shape index (κ2) is 8.41. The van der Waals surface area contributed by atoms with Crippen molar-refractivity contribution in [1.29, 1.82) is 0 Å². The van der Waals surface area contributed by atoms with Gasteiger partial charge in [-0.3, -0.25) is 0 Å². The van der Waals surface area contributed by atoms with Gasteiger partial charge in [0, 0.05) is 32.9 Å². The Morgan fingerprint density at radius 2 is 1.65 bits per heavy atom. The molecule has 5 nitrogen and oxygen atoms in total. The summed E-state index contributed by atoms with van der Waals surface area (Å²) >= 11 is 0. The molecule has 0 heterocycles. The highest BCUT2D eigenvalue weighted by Crippen LogP contribution is 2.17. The molecule has 0 aromatic carbocycles. The summed E-state index contributed by atoms with van der Waals surface area (Å²) in [6, 6.07) is 0.724. The van der Waals surface area contributed by atoms with Crippen molar-refractivity contribution in [2.45, 2.75) is 25.8 Å². The molecule has 0 atom stereocenters. The minimum Gasteiger partial charge on any atom is -0.466 e. The molecule has 0 aliphatic heterocycles. The number of unbranched alkanes of at least 4 members (excludes halogenated alkanes) is 1. The highest BCUT2D eigenvalue weighted by molar-refractivity contribution is 6.60. The van der Waals surface area contributed by atoms with Gasteiger partial charge in [0.15, 0.2) is 0 Å². The van der Waals surface area contributed by atoms with Crippen molar-refractivity contribution >= 4 is 14.8 Å². The Hall–Kier alpha value is -0.693. The smallest absolute Gasteiger partial charge is 0.466 e. The van der Waals surface area contributed by atoms with Crippen LogP contribution in [-0.4, -0.2) is 43.2 Å². The number of rotatable bonds is 8. The van der Waals surface area contributed by atoms with Crippen molar-refractivity contribution in [1.82, 2.24) is 0 Å². The highest BCUT2D eigenvalue weighted by Gasteiger charge is 2.36. The lowest BCUT2D eigenvalue weighted by atomic mass is 10.2. The molecule has 0 unspecified atom stereocenters. The van der Waals surface area contributed by atoms with Crippen LogP contribution in [0.1, 0.15) is 19.8 Å². The van der Waals surface area contributed by atoms with Crippen molar-refractivity contribution in [2.24, 2.45) is 0 Å². The fourth-order valence-electron chi connectivity index (χ4n) is 1.44.